The van der Waals surface area contributed by atoms with Gasteiger partial charge in [0.15, 0.2) is 0 Å². The molecule has 1 aromatic heterocycles. The van der Waals surface area contributed by atoms with E-state index in [1.807, 2.05) is 42.1 Å². The second-order valence-electron chi connectivity index (χ2n) is 3.38. The highest BCUT2D eigenvalue weighted by Crippen LogP contribution is 2.20. The van der Waals surface area contributed by atoms with Crippen LogP contribution < -0.4 is 5.73 Å². The minimum absolute atomic E-state index is 0.477. The van der Waals surface area contributed by atoms with Gasteiger partial charge in [-0.1, -0.05) is 28.1 Å². The molecule has 0 unspecified atom stereocenters. The molecule has 15 heavy (non-hydrogen) atoms. The summed E-state index contributed by atoms with van der Waals surface area (Å²) in [5.74, 6) is 0.947. The molecule has 0 saturated carbocycles. The molecule has 0 saturated heterocycles. The third-order valence-electron chi connectivity index (χ3n) is 2.24. The fourth-order valence-corrected chi connectivity index (χ4v) is 1.76. The summed E-state index contributed by atoms with van der Waals surface area (Å²) in [7, 11) is 1.98. The van der Waals surface area contributed by atoms with Crippen LogP contribution in [0.5, 0.6) is 0 Å². The molecule has 0 atom stereocenters. The Labute approximate surface area is 97.1 Å². The predicted octanol–water partition coefficient (Wildman–Crippen LogP) is 2.31. The van der Waals surface area contributed by atoms with Crippen LogP contribution in [0.4, 0.5) is 0 Å². The van der Waals surface area contributed by atoms with Crippen LogP contribution in [0.2, 0.25) is 0 Å². The van der Waals surface area contributed by atoms with E-state index in [1.165, 1.54) is 0 Å². The zero-order valence-electron chi connectivity index (χ0n) is 8.44. The number of hydrogen-bond donors (Lipinski definition) is 1. The van der Waals surface area contributed by atoms with Crippen LogP contribution in [0.1, 0.15) is 5.69 Å². The molecule has 0 aliphatic rings. The van der Waals surface area contributed by atoms with Crippen molar-refractivity contribution in [2.75, 3.05) is 0 Å². The summed E-state index contributed by atoms with van der Waals surface area (Å²) >= 11 is 3.41. The average Bonchev–Trinajstić information content (AvgIpc) is 2.61. The first-order valence-electron chi connectivity index (χ1n) is 4.69. The van der Waals surface area contributed by atoms with Crippen molar-refractivity contribution >= 4 is 15.9 Å². The van der Waals surface area contributed by atoms with E-state index >= 15 is 0 Å². The number of hydrogen-bond acceptors (Lipinski definition) is 2. The molecule has 0 radical (unpaired) electrons. The van der Waals surface area contributed by atoms with Crippen LogP contribution in [-0.2, 0) is 13.6 Å². The topological polar surface area (TPSA) is 43.8 Å². The van der Waals surface area contributed by atoms with Crippen LogP contribution >= 0.6 is 15.9 Å². The van der Waals surface area contributed by atoms with Crippen LogP contribution in [0.3, 0.4) is 0 Å². The van der Waals surface area contributed by atoms with Crippen molar-refractivity contribution in [3.05, 3.63) is 40.6 Å². The number of halogens is 1. The van der Waals surface area contributed by atoms with Gasteiger partial charge in [0.05, 0.1) is 5.69 Å². The summed E-state index contributed by atoms with van der Waals surface area (Å²) in [5, 5.41) is 0. The number of nitrogens with two attached hydrogens (primary N) is 1. The van der Waals surface area contributed by atoms with Crippen molar-refractivity contribution in [2.24, 2.45) is 12.8 Å². The number of aryl methyl sites for hydroxylation is 1. The summed E-state index contributed by atoms with van der Waals surface area (Å²) < 4.78 is 3.06. The Morgan fingerprint density at radius 3 is 2.53 bits per heavy atom. The average molecular weight is 266 g/mol. The van der Waals surface area contributed by atoms with Gasteiger partial charge in [0.25, 0.3) is 0 Å². The second-order valence-corrected chi connectivity index (χ2v) is 4.29. The summed E-state index contributed by atoms with van der Waals surface area (Å²) in [4.78, 5) is 4.45. The number of aromatic nitrogens is 2. The highest BCUT2D eigenvalue weighted by atomic mass is 79.9. The Bertz CT molecular complexity index is 459. The molecule has 0 spiro atoms. The molecule has 78 valence electrons. The monoisotopic (exact) mass is 265 g/mol. The summed E-state index contributed by atoms with van der Waals surface area (Å²) in [6.45, 7) is 0.477. The number of nitrogens with zero attached hydrogens (tertiary/aromatic N) is 2. The Morgan fingerprint density at radius 1 is 1.33 bits per heavy atom. The van der Waals surface area contributed by atoms with E-state index in [9.17, 15) is 0 Å². The van der Waals surface area contributed by atoms with Gasteiger partial charge in [-0.3, -0.25) is 0 Å². The maximum Gasteiger partial charge on any atom is 0.140 e. The Kier molecular flexibility index (Phi) is 2.88. The number of benzene rings is 1. The maximum atomic E-state index is 5.55. The van der Waals surface area contributed by atoms with Gasteiger partial charge in [-0.2, -0.15) is 0 Å². The SMILES string of the molecule is Cn1cc(CN)nc1-c1ccc(Br)cc1. The molecule has 0 aliphatic carbocycles. The van der Waals surface area contributed by atoms with E-state index in [1.54, 1.807) is 0 Å². The lowest BCUT2D eigenvalue weighted by Gasteiger charge is -2.00. The van der Waals surface area contributed by atoms with E-state index in [-0.39, 0.29) is 0 Å². The molecule has 2 N–H and O–H groups in total. The fourth-order valence-electron chi connectivity index (χ4n) is 1.49. The first kappa shape index (κ1) is 10.4. The van der Waals surface area contributed by atoms with E-state index in [0.29, 0.717) is 6.54 Å². The fraction of sp³-hybridized carbons (Fsp3) is 0.182. The highest BCUT2D eigenvalue weighted by Gasteiger charge is 2.06. The second kappa shape index (κ2) is 4.16. The summed E-state index contributed by atoms with van der Waals surface area (Å²) in [6.07, 6.45) is 1.96. The van der Waals surface area contributed by atoms with E-state index in [2.05, 4.69) is 20.9 Å². The Balaban J connectivity index is 2.44. The molecule has 0 aliphatic heterocycles. The van der Waals surface area contributed by atoms with Crippen molar-refractivity contribution in [3.63, 3.8) is 0 Å². The molecule has 2 rings (SSSR count). The van der Waals surface area contributed by atoms with Gasteiger partial charge in [0.1, 0.15) is 5.82 Å². The zero-order valence-corrected chi connectivity index (χ0v) is 10.0. The zero-order chi connectivity index (χ0) is 10.8. The first-order valence-corrected chi connectivity index (χ1v) is 5.48. The summed E-state index contributed by atoms with van der Waals surface area (Å²) in [6, 6.07) is 8.08. The van der Waals surface area contributed by atoms with Crippen LogP contribution in [0, 0.1) is 0 Å². The predicted molar refractivity (Wildman–Crippen MR) is 64.2 cm³/mol. The van der Waals surface area contributed by atoms with Crippen LogP contribution in [-0.4, -0.2) is 9.55 Å². The van der Waals surface area contributed by atoms with Crippen molar-refractivity contribution in [2.45, 2.75) is 6.54 Å². The quantitative estimate of drug-likeness (QED) is 0.906. The van der Waals surface area contributed by atoms with Gasteiger partial charge in [-0.05, 0) is 12.1 Å². The molecule has 2 aromatic rings. The molecule has 0 amide bonds. The highest BCUT2D eigenvalue weighted by molar-refractivity contribution is 9.10. The van der Waals surface area contributed by atoms with Crippen molar-refractivity contribution < 1.29 is 0 Å². The van der Waals surface area contributed by atoms with E-state index in [0.717, 1.165) is 21.6 Å². The van der Waals surface area contributed by atoms with Crippen molar-refractivity contribution in [3.8, 4) is 11.4 Å². The maximum absolute atomic E-state index is 5.55. The molecule has 0 bridgehead atoms. The summed E-state index contributed by atoms with van der Waals surface area (Å²) in [5.41, 5.74) is 7.56. The number of rotatable bonds is 2. The smallest absolute Gasteiger partial charge is 0.140 e. The number of imidazole rings is 1. The Morgan fingerprint density at radius 2 is 2.00 bits per heavy atom. The lowest BCUT2D eigenvalue weighted by Crippen LogP contribution is -1.95. The third-order valence-corrected chi connectivity index (χ3v) is 2.77. The molecular formula is C11H12BrN3. The molecule has 1 heterocycles. The molecule has 0 fully saturated rings. The lowest BCUT2D eigenvalue weighted by molar-refractivity contribution is 0.921. The molecule has 4 heteroatoms. The standard InChI is InChI=1S/C11H12BrN3/c1-15-7-10(6-13)14-11(15)8-2-4-9(12)5-3-8/h2-5,7H,6,13H2,1H3. The van der Waals surface area contributed by atoms with Crippen molar-refractivity contribution in [1.29, 1.82) is 0 Å². The van der Waals surface area contributed by atoms with Crippen LogP contribution in [0.15, 0.2) is 34.9 Å². The van der Waals surface area contributed by atoms with Gasteiger partial charge in [0, 0.05) is 29.8 Å². The Hall–Kier alpha value is -1.13. The lowest BCUT2D eigenvalue weighted by atomic mass is 10.2. The van der Waals surface area contributed by atoms with E-state index < -0.39 is 0 Å². The third kappa shape index (κ3) is 2.11. The minimum atomic E-state index is 0.477. The van der Waals surface area contributed by atoms with Gasteiger partial charge in [-0.15, -0.1) is 0 Å². The molecule has 1 aromatic carbocycles. The molecule has 3 nitrogen and oxygen atoms in total. The van der Waals surface area contributed by atoms with Gasteiger partial charge < -0.3 is 10.3 Å². The van der Waals surface area contributed by atoms with Gasteiger partial charge >= 0.3 is 0 Å². The normalized spacial score (nSPS) is 10.6. The first-order chi connectivity index (χ1) is 7.20. The molecular weight excluding hydrogens is 254 g/mol. The van der Waals surface area contributed by atoms with Gasteiger partial charge in [0.2, 0.25) is 0 Å². The minimum Gasteiger partial charge on any atom is -0.334 e. The largest absolute Gasteiger partial charge is 0.334 e. The van der Waals surface area contributed by atoms with Crippen LogP contribution in [0.25, 0.3) is 11.4 Å². The van der Waals surface area contributed by atoms with Crippen molar-refractivity contribution in [1.82, 2.24) is 9.55 Å². The van der Waals surface area contributed by atoms with Gasteiger partial charge in [-0.25, -0.2) is 4.98 Å². The van der Waals surface area contributed by atoms with E-state index in [4.69, 9.17) is 5.73 Å².